The maximum absolute atomic E-state index is 12.5. The molecule has 1 saturated carbocycles. The fourth-order valence-electron chi connectivity index (χ4n) is 2.69. The number of nitrogens with one attached hydrogen (secondary N) is 1. The second-order valence-corrected chi connectivity index (χ2v) is 6.48. The van der Waals surface area contributed by atoms with Crippen molar-refractivity contribution >= 4 is 23.2 Å². The van der Waals surface area contributed by atoms with Gasteiger partial charge >= 0.3 is 0 Å². The largest absolute Gasteiger partial charge is 0.378 e. The molecule has 0 aliphatic heterocycles. The van der Waals surface area contributed by atoms with E-state index in [0.29, 0.717) is 23.9 Å². The van der Waals surface area contributed by atoms with Crippen molar-refractivity contribution in [2.45, 2.75) is 45.8 Å². The minimum absolute atomic E-state index is 0.00308. The SMILES string of the molecule is CCOC1CC(N)(C(=O)Nc2cnc(Cl)c(C)c2)C1(C)C. The number of pyridine rings is 1. The highest BCUT2D eigenvalue weighted by atomic mass is 35.5. The van der Waals surface area contributed by atoms with Crippen LogP contribution in [0.1, 0.15) is 32.8 Å². The molecule has 0 saturated heterocycles. The minimum Gasteiger partial charge on any atom is -0.378 e. The number of amides is 1. The van der Waals surface area contributed by atoms with Crippen LogP contribution in [0.15, 0.2) is 12.3 Å². The summed E-state index contributed by atoms with van der Waals surface area (Å²) >= 11 is 5.88. The van der Waals surface area contributed by atoms with Crippen LogP contribution in [0.2, 0.25) is 5.15 Å². The van der Waals surface area contributed by atoms with E-state index in [2.05, 4.69) is 10.3 Å². The summed E-state index contributed by atoms with van der Waals surface area (Å²) in [6.07, 6.45) is 2.05. The lowest BCUT2D eigenvalue weighted by Crippen LogP contribution is -2.74. The van der Waals surface area contributed by atoms with Gasteiger partial charge in [0.05, 0.1) is 18.0 Å². The standard InChI is InChI=1S/C15H22ClN3O2/c1-5-21-11-7-15(17,14(11,3)4)13(20)19-10-6-9(2)12(16)18-8-10/h6,8,11H,5,7,17H2,1-4H3,(H,19,20). The number of carbonyl (C=O) groups is 1. The molecule has 6 heteroatoms. The highest BCUT2D eigenvalue weighted by Gasteiger charge is 2.62. The number of nitrogens with two attached hydrogens (primary N) is 1. The molecule has 1 heterocycles. The first-order valence-corrected chi connectivity index (χ1v) is 7.44. The van der Waals surface area contributed by atoms with Gasteiger partial charge in [-0.3, -0.25) is 4.79 Å². The predicted octanol–water partition coefficient (Wildman–Crippen LogP) is 2.51. The van der Waals surface area contributed by atoms with Crippen LogP contribution in [-0.4, -0.2) is 29.1 Å². The summed E-state index contributed by atoms with van der Waals surface area (Å²) in [7, 11) is 0. The van der Waals surface area contributed by atoms with E-state index in [0.717, 1.165) is 5.56 Å². The number of aryl methyl sites for hydroxylation is 1. The van der Waals surface area contributed by atoms with Crippen molar-refractivity contribution in [3.8, 4) is 0 Å². The number of aromatic nitrogens is 1. The Hall–Kier alpha value is -1.17. The van der Waals surface area contributed by atoms with E-state index in [1.165, 1.54) is 6.20 Å². The van der Waals surface area contributed by atoms with Crippen molar-refractivity contribution < 1.29 is 9.53 Å². The molecule has 2 rings (SSSR count). The van der Waals surface area contributed by atoms with E-state index in [1.54, 1.807) is 6.07 Å². The zero-order chi connectivity index (χ0) is 15.8. The van der Waals surface area contributed by atoms with Crippen LogP contribution < -0.4 is 11.1 Å². The second-order valence-electron chi connectivity index (χ2n) is 6.13. The van der Waals surface area contributed by atoms with Crippen LogP contribution in [0.5, 0.6) is 0 Å². The van der Waals surface area contributed by atoms with E-state index < -0.39 is 11.0 Å². The van der Waals surface area contributed by atoms with Gasteiger partial charge in [0.25, 0.3) is 0 Å². The fourth-order valence-corrected chi connectivity index (χ4v) is 2.79. The Morgan fingerprint density at radius 3 is 2.81 bits per heavy atom. The van der Waals surface area contributed by atoms with E-state index >= 15 is 0 Å². The van der Waals surface area contributed by atoms with Gasteiger partial charge in [0.2, 0.25) is 5.91 Å². The number of nitrogens with zero attached hydrogens (tertiary/aromatic N) is 1. The zero-order valence-electron chi connectivity index (χ0n) is 12.9. The molecule has 1 aliphatic rings. The van der Waals surface area contributed by atoms with Crippen molar-refractivity contribution in [2.75, 3.05) is 11.9 Å². The summed E-state index contributed by atoms with van der Waals surface area (Å²) in [4.78, 5) is 16.5. The van der Waals surface area contributed by atoms with Crippen LogP contribution in [0, 0.1) is 12.3 Å². The topological polar surface area (TPSA) is 77.2 Å². The Kier molecular flexibility index (Phi) is 4.29. The van der Waals surface area contributed by atoms with Gasteiger partial charge in [0.15, 0.2) is 0 Å². The Morgan fingerprint density at radius 1 is 1.62 bits per heavy atom. The molecule has 1 aromatic heterocycles. The van der Waals surface area contributed by atoms with Gasteiger partial charge in [-0.05, 0) is 25.5 Å². The van der Waals surface area contributed by atoms with Gasteiger partial charge < -0.3 is 15.8 Å². The Labute approximate surface area is 130 Å². The molecule has 1 aromatic rings. The van der Waals surface area contributed by atoms with Gasteiger partial charge in [-0.1, -0.05) is 25.4 Å². The Bertz CT molecular complexity index is 562. The van der Waals surface area contributed by atoms with Crippen LogP contribution in [0.4, 0.5) is 5.69 Å². The predicted molar refractivity (Wildman–Crippen MR) is 83.3 cm³/mol. The summed E-state index contributed by atoms with van der Waals surface area (Å²) in [5.74, 6) is -0.216. The van der Waals surface area contributed by atoms with Crippen molar-refractivity contribution in [3.63, 3.8) is 0 Å². The maximum Gasteiger partial charge on any atom is 0.245 e. The average Bonchev–Trinajstić information content (AvgIpc) is 2.42. The van der Waals surface area contributed by atoms with Crippen LogP contribution in [-0.2, 0) is 9.53 Å². The molecule has 21 heavy (non-hydrogen) atoms. The van der Waals surface area contributed by atoms with Crippen molar-refractivity contribution in [3.05, 3.63) is 23.0 Å². The lowest BCUT2D eigenvalue weighted by atomic mass is 9.54. The van der Waals surface area contributed by atoms with Crippen LogP contribution in [0.25, 0.3) is 0 Å². The smallest absolute Gasteiger partial charge is 0.245 e. The maximum atomic E-state index is 12.5. The number of ether oxygens (including phenoxy) is 1. The molecule has 1 aliphatic carbocycles. The first kappa shape index (κ1) is 16.2. The third kappa shape index (κ3) is 2.65. The molecular weight excluding hydrogens is 290 g/mol. The summed E-state index contributed by atoms with van der Waals surface area (Å²) in [6, 6.07) is 1.78. The average molecular weight is 312 g/mol. The highest BCUT2D eigenvalue weighted by Crippen LogP contribution is 2.50. The molecule has 2 atom stereocenters. The van der Waals surface area contributed by atoms with E-state index in [-0.39, 0.29) is 12.0 Å². The number of anilines is 1. The summed E-state index contributed by atoms with van der Waals surface area (Å²) in [6.45, 7) is 8.31. The third-order valence-electron chi connectivity index (χ3n) is 4.51. The zero-order valence-corrected chi connectivity index (χ0v) is 13.6. The minimum atomic E-state index is -0.944. The normalized spacial score (nSPS) is 27.0. The number of carbonyl (C=O) groups excluding carboxylic acids is 1. The van der Waals surface area contributed by atoms with Crippen molar-refractivity contribution in [2.24, 2.45) is 11.1 Å². The molecule has 0 bridgehead atoms. The molecule has 2 unspecified atom stereocenters. The van der Waals surface area contributed by atoms with Crippen molar-refractivity contribution in [1.82, 2.24) is 4.98 Å². The van der Waals surface area contributed by atoms with E-state index in [1.807, 2.05) is 27.7 Å². The quantitative estimate of drug-likeness (QED) is 0.838. The molecular formula is C15H22ClN3O2. The van der Waals surface area contributed by atoms with E-state index in [9.17, 15) is 4.79 Å². The first-order valence-electron chi connectivity index (χ1n) is 7.06. The van der Waals surface area contributed by atoms with Gasteiger partial charge in [0, 0.05) is 18.4 Å². The van der Waals surface area contributed by atoms with Crippen LogP contribution >= 0.6 is 11.6 Å². The van der Waals surface area contributed by atoms with Gasteiger partial charge in [-0.2, -0.15) is 0 Å². The Morgan fingerprint density at radius 2 is 2.29 bits per heavy atom. The fraction of sp³-hybridized carbons (Fsp3) is 0.600. The van der Waals surface area contributed by atoms with Crippen LogP contribution in [0.3, 0.4) is 0 Å². The molecule has 5 nitrogen and oxygen atoms in total. The highest BCUT2D eigenvalue weighted by molar-refractivity contribution is 6.30. The first-order chi connectivity index (χ1) is 9.72. The molecule has 0 aromatic carbocycles. The molecule has 3 N–H and O–H groups in total. The number of halogens is 1. The molecule has 1 fully saturated rings. The third-order valence-corrected chi connectivity index (χ3v) is 4.90. The number of hydrogen-bond acceptors (Lipinski definition) is 4. The molecule has 1 amide bonds. The summed E-state index contributed by atoms with van der Waals surface area (Å²) in [5, 5.41) is 3.26. The monoisotopic (exact) mass is 311 g/mol. The van der Waals surface area contributed by atoms with Gasteiger partial charge in [-0.15, -0.1) is 0 Å². The molecule has 116 valence electrons. The molecule has 0 spiro atoms. The molecule has 0 radical (unpaired) electrons. The Balaban J connectivity index is 2.12. The number of rotatable bonds is 4. The summed E-state index contributed by atoms with van der Waals surface area (Å²) < 4.78 is 5.63. The van der Waals surface area contributed by atoms with E-state index in [4.69, 9.17) is 22.1 Å². The van der Waals surface area contributed by atoms with Gasteiger partial charge in [0.1, 0.15) is 10.7 Å². The summed E-state index contributed by atoms with van der Waals surface area (Å²) in [5.41, 5.74) is 6.37. The lowest BCUT2D eigenvalue weighted by molar-refractivity contribution is -0.166. The lowest BCUT2D eigenvalue weighted by Gasteiger charge is -2.57. The number of hydrogen-bond donors (Lipinski definition) is 2. The van der Waals surface area contributed by atoms with Gasteiger partial charge in [-0.25, -0.2) is 4.98 Å². The van der Waals surface area contributed by atoms with Crippen molar-refractivity contribution in [1.29, 1.82) is 0 Å². The second kappa shape index (κ2) is 5.55.